The van der Waals surface area contributed by atoms with Gasteiger partial charge in [-0.25, -0.2) is 9.97 Å². The Morgan fingerprint density at radius 1 is 1.15 bits per heavy atom. The summed E-state index contributed by atoms with van der Waals surface area (Å²) in [5, 5.41) is 0.922. The third-order valence-corrected chi connectivity index (χ3v) is 6.03. The lowest BCUT2D eigenvalue weighted by Crippen LogP contribution is -2.32. The first-order chi connectivity index (χ1) is 15.7. The zero-order valence-electron chi connectivity index (χ0n) is 19.8. The monoisotopic (exact) mass is 446 g/mol. The average Bonchev–Trinajstić information content (AvgIpc) is 3.20. The molecule has 0 N–H and O–H groups in total. The summed E-state index contributed by atoms with van der Waals surface area (Å²) < 4.78 is 0. The molecule has 0 spiro atoms. The number of anilines is 1. The molecule has 1 saturated heterocycles. The fourth-order valence-electron chi connectivity index (χ4n) is 4.21. The fourth-order valence-corrected chi connectivity index (χ4v) is 4.21. The molecule has 33 heavy (non-hydrogen) atoms. The predicted molar refractivity (Wildman–Crippen MR) is 128 cm³/mol. The maximum Gasteiger partial charge on any atom is 0.256 e. The maximum absolute atomic E-state index is 13.3. The molecule has 1 fully saturated rings. The molecule has 3 aromatic rings. The highest BCUT2D eigenvalue weighted by Crippen LogP contribution is 2.30. The average molecular weight is 447 g/mol. The van der Waals surface area contributed by atoms with E-state index >= 15 is 0 Å². The van der Waals surface area contributed by atoms with Crippen LogP contribution >= 0.6 is 0 Å². The van der Waals surface area contributed by atoms with Gasteiger partial charge in [-0.05, 0) is 26.0 Å². The van der Waals surface area contributed by atoms with E-state index in [9.17, 15) is 9.59 Å². The first-order valence-electron chi connectivity index (χ1n) is 11.2. The molecule has 0 saturated carbocycles. The molecule has 1 unspecified atom stereocenters. The van der Waals surface area contributed by atoms with E-state index in [2.05, 4.69) is 9.97 Å². The highest BCUT2D eigenvalue weighted by Gasteiger charge is 2.33. The van der Waals surface area contributed by atoms with Crippen molar-refractivity contribution in [3.63, 3.8) is 0 Å². The van der Waals surface area contributed by atoms with Gasteiger partial charge in [0.05, 0.1) is 23.3 Å². The third-order valence-electron chi connectivity index (χ3n) is 6.03. The number of amides is 2. The maximum atomic E-state index is 13.3. The van der Waals surface area contributed by atoms with Crippen LogP contribution in [0, 0.1) is 0 Å². The van der Waals surface area contributed by atoms with Gasteiger partial charge in [-0.2, -0.15) is 0 Å². The van der Waals surface area contributed by atoms with Gasteiger partial charge in [0, 0.05) is 63.7 Å². The zero-order valence-corrected chi connectivity index (χ0v) is 19.8. The topological polar surface area (TPSA) is 82.5 Å². The van der Waals surface area contributed by atoms with E-state index in [1.165, 1.54) is 0 Å². The largest absolute Gasteiger partial charge is 0.363 e. The number of aromatic nitrogens is 3. The molecule has 0 bridgehead atoms. The van der Waals surface area contributed by atoms with E-state index in [1.54, 1.807) is 24.2 Å². The van der Waals surface area contributed by atoms with Gasteiger partial charge in [-0.15, -0.1) is 0 Å². The number of nitrogens with zero attached hydrogens (tertiary/aromatic N) is 6. The summed E-state index contributed by atoms with van der Waals surface area (Å²) >= 11 is 0. The summed E-state index contributed by atoms with van der Waals surface area (Å²) in [6, 6.07) is 11.5. The van der Waals surface area contributed by atoms with Crippen molar-refractivity contribution >= 4 is 28.5 Å². The predicted octanol–water partition coefficient (Wildman–Crippen LogP) is 3.09. The van der Waals surface area contributed by atoms with E-state index < -0.39 is 0 Å². The van der Waals surface area contributed by atoms with Crippen LogP contribution in [0.3, 0.4) is 0 Å². The quantitative estimate of drug-likeness (QED) is 0.579. The van der Waals surface area contributed by atoms with Crippen molar-refractivity contribution in [3.8, 4) is 0 Å². The number of para-hydroxylation sites is 1. The van der Waals surface area contributed by atoms with Crippen LogP contribution in [0.1, 0.15) is 48.1 Å². The van der Waals surface area contributed by atoms with Crippen molar-refractivity contribution < 1.29 is 9.59 Å². The van der Waals surface area contributed by atoms with Gasteiger partial charge in [0.15, 0.2) is 0 Å². The van der Waals surface area contributed by atoms with Crippen molar-refractivity contribution in [2.24, 2.45) is 0 Å². The van der Waals surface area contributed by atoms with Gasteiger partial charge >= 0.3 is 0 Å². The minimum absolute atomic E-state index is 0.0172. The van der Waals surface area contributed by atoms with Crippen LogP contribution in [-0.4, -0.2) is 70.3 Å². The van der Waals surface area contributed by atoms with Crippen molar-refractivity contribution in [1.29, 1.82) is 0 Å². The molecule has 0 aliphatic carbocycles. The van der Waals surface area contributed by atoms with Gasteiger partial charge < -0.3 is 14.7 Å². The van der Waals surface area contributed by atoms with Crippen LogP contribution in [0.5, 0.6) is 0 Å². The normalized spacial score (nSPS) is 16.0. The van der Waals surface area contributed by atoms with E-state index in [1.807, 2.05) is 68.1 Å². The third kappa shape index (κ3) is 4.65. The smallest absolute Gasteiger partial charge is 0.256 e. The molecule has 3 heterocycles. The van der Waals surface area contributed by atoms with E-state index in [-0.39, 0.29) is 30.3 Å². The number of hydrogen-bond donors (Lipinski definition) is 0. The highest BCUT2D eigenvalue weighted by molar-refractivity contribution is 6.05. The molecular formula is C25H30N6O2. The Morgan fingerprint density at radius 3 is 2.61 bits per heavy atom. The van der Waals surface area contributed by atoms with Crippen LogP contribution in [-0.2, 0) is 11.3 Å². The second-order valence-corrected chi connectivity index (χ2v) is 9.04. The van der Waals surface area contributed by atoms with Crippen molar-refractivity contribution in [1.82, 2.24) is 24.8 Å². The molecule has 8 nitrogen and oxygen atoms in total. The highest BCUT2D eigenvalue weighted by atomic mass is 16.2. The van der Waals surface area contributed by atoms with Gasteiger partial charge in [-0.3, -0.25) is 14.6 Å². The lowest BCUT2D eigenvalue weighted by molar-refractivity contribution is -0.129. The Labute approximate surface area is 194 Å². The lowest BCUT2D eigenvalue weighted by atomic mass is 10.0. The molecular weight excluding hydrogens is 416 g/mol. The first kappa shape index (κ1) is 22.6. The number of likely N-dealkylation sites (tertiary alicyclic amines) is 1. The summed E-state index contributed by atoms with van der Waals surface area (Å²) in [5.74, 6) is 1.34. The fraction of sp³-hybridized carbons (Fsp3) is 0.400. The van der Waals surface area contributed by atoms with Crippen molar-refractivity contribution in [2.45, 2.75) is 38.8 Å². The lowest BCUT2D eigenvalue weighted by Gasteiger charge is -2.22. The summed E-state index contributed by atoms with van der Waals surface area (Å²) in [6.07, 6.45) is 2.14. The Balaban J connectivity index is 1.61. The Morgan fingerprint density at radius 2 is 1.91 bits per heavy atom. The van der Waals surface area contributed by atoms with Crippen LogP contribution in [0.15, 0.2) is 42.6 Å². The van der Waals surface area contributed by atoms with Crippen LogP contribution in [0.25, 0.3) is 10.9 Å². The summed E-state index contributed by atoms with van der Waals surface area (Å²) in [5.41, 5.74) is 2.07. The number of pyridine rings is 1. The summed E-state index contributed by atoms with van der Waals surface area (Å²) in [4.78, 5) is 45.0. The van der Waals surface area contributed by atoms with Gasteiger partial charge in [-0.1, -0.05) is 18.2 Å². The minimum atomic E-state index is -0.137. The van der Waals surface area contributed by atoms with E-state index in [0.717, 1.165) is 16.9 Å². The van der Waals surface area contributed by atoms with Gasteiger partial charge in [0.2, 0.25) is 5.91 Å². The number of rotatable bonds is 6. The summed E-state index contributed by atoms with van der Waals surface area (Å²) in [7, 11) is 5.59. The molecule has 4 rings (SSSR count). The number of fused-ring (bicyclic) bond motifs is 1. The number of carbonyl (C=O) groups is 2. The van der Waals surface area contributed by atoms with Gasteiger partial charge in [0.1, 0.15) is 11.6 Å². The number of benzene rings is 1. The van der Waals surface area contributed by atoms with Crippen molar-refractivity contribution in [2.75, 3.05) is 32.6 Å². The molecule has 1 aliphatic rings. The Hall–Kier alpha value is -3.55. The molecule has 172 valence electrons. The summed E-state index contributed by atoms with van der Waals surface area (Å²) in [6.45, 7) is 4.96. The van der Waals surface area contributed by atoms with Crippen LogP contribution in [0.4, 0.5) is 5.82 Å². The van der Waals surface area contributed by atoms with E-state index in [0.29, 0.717) is 29.9 Å². The molecule has 1 aromatic carbocycles. The standard InChI is InChI=1S/C25H30N6O2/c1-16(2)31-14-18(12-23(31)32)20-13-22(29(3)4)28-21(27-20)15-30(5)25(33)19-10-6-8-17-9-7-11-26-24(17)19/h6-11,13,16,18H,12,14-15H2,1-5H3. The van der Waals surface area contributed by atoms with Gasteiger partial charge in [0.25, 0.3) is 5.91 Å². The minimum Gasteiger partial charge on any atom is -0.363 e. The van der Waals surface area contributed by atoms with Crippen LogP contribution in [0.2, 0.25) is 0 Å². The molecule has 1 atom stereocenters. The van der Waals surface area contributed by atoms with E-state index in [4.69, 9.17) is 4.98 Å². The molecule has 2 amide bonds. The Bertz CT molecular complexity index is 1190. The second-order valence-electron chi connectivity index (χ2n) is 9.04. The molecule has 1 aliphatic heterocycles. The zero-order chi connectivity index (χ0) is 23.7. The molecule has 2 aromatic heterocycles. The van der Waals surface area contributed by atoms with Crippen molar-refractivity contribution in [3.05, 3.63) is 59.7 Å². The first-order valence-corrected chi connectivity index (χ1v) is 11.2. The number of carbonyl (C=O) groups excluding carboxylic acids is 2. The molecule has 8 heteroatoms. The van der Waals surface area contributed by atoms with Crippen LogP contribution < -0.4 is 4.90 Å². The number of hydrogen-bond acceptors (Lipinski definition) is 6. The SMILES string of the molecule is CC(C)N1CC(c2cc(N(C)C)nc(CN(C)C(=O)c3cccc4cccnc34)n2)CC1=O. The Kier molecular flexibility index (Phi) is 6.26. The molecule has 0 radical (unpaired) electrons. The second kappa shape index (κ2) is 9.13.